The van der Waals surface area contributed by atoms with Crippen LogP contribution in [0.4, 0.5) is 4.79 Å². The minimum absolute atomic E-state index is 0.0329. The number of likely N-dealkylation sites (tertiary alicyclic amines) is 1. The Balaban J connectivity index is 1.69. The Kier molecular flexibility index (Phi) is 3.35. The van der Waals surface area contributed by atoms with Crippen molar-refractivity contribution < 1.29 is 14.7 Å². The van der Waals surface area contributed by atoms with Crippen molar-refractivity contribution in [3.05, 3.63) is 35.4 Å². The molecule has 112 valence electrons. The molecule has 0 aliphatic carbocycles. The maximum atomic E-state index is 12.6. The van der Waals surface area contributed by atoms with Crippen LogP contribution in [0.3, 0.4) is 0 Å². The van der Waals surface area contributed by atoms with E-state index in [1.165, 1.54) is 11.1 Å². The molecule has 1 aromatic rings. The number of carbonyl (C=O) groups is 2. The third kappa shape index (κ3) is 2.48. The standard InChI is InChI=1S/C16H20N2O3/c1-16(14(19)20)7-9-18(11-16)15(21)17-8-6-12-4-2-3-5-13(12)10-17/h2-5H,6-11H2,1H3,(H,19,20). The normalized spacial score (nSPS) is 24.8. The van der Waals surface area contributed by atoms with Crippen molar-refractivity contribution in [1.29, 1.82) is 0 Å². The largest absolute Gasteiger partial charge is 0.481 e. The van der Waals surface area contributed by atoms with Gasteiger partial charge in [-0.3, -0.25) is 4.79 Å². The van der Waals surface area contributed by atoms with Crippen LogP contribution in [0, 0.1) is 5.41 Å². The number of fused-ring (bicyclic) bond motifs is 1. The van der Waals surface area contributed by atoms with Crippen LogP contribution in [0.15, 0.2) is 24.3 Å². The third-order valence-corrected chi connectivity index (χ3v) is 4.66. The molecule has 3 rings (SSSR count). The highest BCUT2D eigenvalue weighted by atomic mass is 16.4. The van der Waals surface area contributed by atoms with Gasteiger partial charge in [-0.15, -0.1) is 0 Å². The molecule has 5 nitrogen and oxygen atoms in total. The maximum absolute atomic E-state index is 12.6. The zero-order chi connectivity index (χ0) is 15.0. The van der Waals surface area contributed by atoms with E-state index in [0.29, 0.717) is 32.6 Å². The number of carbonyl (C=O) groups excluding carboxylic acids is 1. The second kappa shape index (κ2) is 5.06. The summed E-state index contributed by atoms with van der Waals surface area (Å²) in [6, 6.07) is 8.14. The molecule has 2 aliphatic rings. The third-order valence-electron chi connectivity index (χ3n) is 4.66. The average molecular weight is 288 g/mol. The highest BCUT2D eigenvalue weighted by Crippen LogP contribution is 2.31. The lowest BCUT2D eigenvalue weighted by molar-refractivity contribution is -0.147. The second-order valence-electron chi connectivity index (χ2n) is 6.26. The number of carboxylic acids is 1. The molecule has 0 spiro atoms. The molecule has 2 amide bonds. The fraction of sp³-hybridized carbons (Fsp3) is 0.500. The molecule has 2 heterocycles. The van der Waals surface area contributed by atoms with Crippen LogP contribution in [-0.4, -0.2) is 46.5 Å². The van der Waals surface area contributed by atoms with Gasteiger partial charge in [-0.2, -0.15) is 0 Å². The first-order valence-corrected chi connectivity index (χ1v) is 7.34. The lowest BCUT2D eigenvalue weighted by Crippen LogP contribution is -2.45. The summed E-state index contributed by atoms with van der Waals surface area (Å²) in [6.07, 6.45) is 1.39. The Bertz CT molecular complexity index is 587. The van der Waals surface area contributed by atoms with Crippen molar-refractivity contribution in [2.45, 2.75) is 26.3 Å². The van der Waals surface area contributed by atoms with Gasteiger partial charge in [0.2, 0.25) is 0 Å². The van der Waals surface area contributed by atoms with E-state index >= 15 is 0 Å². The van der Waals surface area contributed by atoms with Crippen molar-refractivity contribution in [2.24, 2.45) is 5.41 Å². The van der Waals surface area contributed by atoms with E-state index in [1.807, 2.05) is 17.0 Å². The summed E-state index contributed by atoms with van der Waals surface area (Å²) in [5.74, 6) is -0.818. The molecule has 5 heteroatoms. The van der Waals surface area contributed by atoms with Crippen LogP contribution in [0.1, 0.15) is 24.5 Å². The van der Waals surface area contributed by atoms with Crippen LogP contribution >= 0.6 is 0 Å². The average Bonchev–Trinajstić information content (AvgIpc) is 2.90. The van der Waals surface area contributed by atoms with Crippen molar-refractivity contribution in [2.75, 3.05) is 19.6 Å². The van der Waals surface area contributed by atoms with E-state index in [1.54, 1.807) is 11.8 Å². The second-order valence-corrected chi connectivity index (χ2v) is 6.26. The maximum Gasteiger partial charge on any atom is 0.320 e. The number of urea groups is 1. The van der Waals surface area contributed by atoms with Gasteiger partial charge in [0.25, 0.3) is 0 Å². The number of hydrogen-bond donors (Lipinski definition) is 1. The number of benzene rings is 1. The molecule has 0 bridgehead atoms. The van der Waals surface area contributed by atoms with E-state index in [9.17, 15) is 14.7 Å². The summed E-state index contributed by atoms with van der Waals surface area (Å²) < 4.78 is 0. The van der Waals surface area contributed by atoms with Crippen LogP contribution < -0.4 is 0 Å². The molecule has 0 saturated carbocycles. The van der Waals surface area contributed by atoms with Gasteiger partial charge in [0.1, 0.15) is 0 Å². The molecule has 1 fully saturated rings. The molecule has 2 aliphatic heterocycles. The Morgan fingerprint density at radius 3 is 2.52 bits per heavy atom. The number of nitrogens with zero attached hydrogens (tertiary/aromatic N) is 2. The lowest BCUT2D eigenvalue weighted by Gasteiger charge is -2.32. The molecule has 1 saturated heterocycles. The first kappa shape index (κ1) is 13.9. The summed E-state index contributed by atoms with van der Waals surface area (Å²) in [4.78, 5) is 27.4. The Labute approximate surface area is 124 Å². The quantitative estimate of drug-likeness (QED) is 0.859. The SMILES string of the molecule is CC1(C(=O)O)CCN(C(=O)N2CCc3ccccc3C2)C1. The molecular weight excluding hydrogens is 268 g/mol. The van der Waals surface area contributed by atoms with E-state index < -0.39 is 11.4 Å². The van der Waals surface area contributed by atoms with Crippen molar-refractivity contribution in [3.63, 3.8) is 0 Å². The molecule has 0 radical (unpaired) electrons. The van der Waals surface area contributed by atoms with Gasteiger partial charge in [0.15, 0.2) is 0 Å². The number of amides is 2. The summed E-state index contributed by atoms with van der Waals surface area (Å²) in [6.45, 7) is 3.87. The lowest BCUT2D eigenvalue weighted by atomic mass is 9.90. The smallest absolute Gasteiger partial charge is 0.320 e. The molecule has 1 N–H and O–H groups in total. The molecular formula is C16H20N2O3. The first-order chi connectivity index (χ1) is 9.99. The topological polar surface area (TPSA) is 60.9 Å². The number of rotatable bonds is 1. The number of carboxylic acid groups (broad SMARTS) is 1. The van der Waals surface area contributed by atoms with Crippen LogP contribution in [0.25, 0.3) is 0 Å². The van der Waals surface area contributed by atoms with Crippen molar-refractivity contribution >= 4 is 12.0 Å². The van der Waals surface area contributed by atoms with E-state index in [-0.39, 0.29) is 6.03 Å². The summed E-state index contributed by atoms with van der Waals surface area (Å²) in [7, 11) is 0. The molecule has 1 atom stereocenters. The minimum Gasteiger partial charge on any atom is -0.481 e. The zero-order valence-corrected chi connectivity index (χ0v) is 12.2. The first-order valence-electron chi connectivity index (χ1n) is 7.34. The predicted octanol–water partition coefficient (Wildman–Crippen LogP) is 1.96. The molecule has 1 aromatic carbocycles. The van der Waals surface area contributed by atoms with E-state index in [0.717, 1.165) is 6.42 Å². The van der Waals surface area contributed by atoms with Gasteiger partial charge >= 0.3 is 12.0 Å². The van der Waals surface area contributed by atoms with Gasteiger partial charge in [-0.1, -0.05) is 24.3 Å². The van der Waals surface area contributed by atoms with E-state index in [2.05, 4.69) is 12.1 Å². The monoisotopic (exact) mass is 288 g/mol. The summed E-state index contributed by atoms with van der Waals surface area (Å²) in [5.41, 5.74) is 1.69. The van der Waals surface area contributed by atoms with Crippen LogP contribution in [0.2, 0.25) is 0 Å². The minimum atomic E-state index is -0.818. The number of aliphatic carboxylic acids is 1. The summed E-state index contributed by atoms with van der Waals surface area (Å²) >= 11 is 0. The van der Waals surface area contributed by atoms with Gasteiger partial charge < -0.3 is 14.9 Å². The van der Waals surface area contributed by atoms with Gasteiger partial charge in [-0.05, 0) is 30.9 Å². The zero-order valence-electron chi connectivity index (χ0n) is 12.2. The van der Waals surface area contributed by atoms with Gasteiger partial charge in [0.05, 0.1) is 5.41 Å². The van der Waals surface area contributed by atoms with Crippen molar-refractivity contribution in [1.82, 2.24) is 9.80 Å². The van der Waals surface area contributed by atoms with E-state index in [4.69, 9.17) is 0 Å². The Morgan fingerprint density at radius 1 is 1.14 bits per heavy atom. The Morgan fingerprint density at radius 2 is 1.86 bits per heavy atom. The highest BCUT2D eigenvalue weighted by molar-refractivity contribution is 5.79. The predicted molar refractivity (Wildman–Crippen MR) is 77.9 cm³/mol. The highest BCUT2D eigenvalue weighted by Gasteiger charge is 2.43. The molecule has 0 aromatic heterocycles. The van der Waals surface area contributed by atoms with Crippen molar-refractivity contribution in [3.8, 4) is 0 Å². The Hall–Kier alpha value is -2.04. The van der Waals surface area contributed by atoms with Crippen LogP contribution in [0.5, 0.6) is 0 Å². The number of hydrogen-bond acceptors (Lipinski definition) is 2. The fourth-order valence-corrected chi connectivity index (χ4v) is 3.16. The van der Waals surface area contributed by atoms with Gasteiger partial charge in [-0.25, -0.2) is 4.79 Å². The van der Waals surface area contributed by atoms with Gasteiger partial charge in [0, 0.05) is 26.2 Å². The van der Waals surface area contributed by atoms with Crippen LogP contribution in [-0.2, 0) is 17.8 Å². The fourth-order valence-electron chi connectivity index (χ4n) is 3.16. The molecule has 21 heavy (non-hydrogen) atoms. The summed E-state index contributed by atoms with van der Waals surface area (Å²) in [5, 5.41) is 9.26. The molecule has 1 unspecified atom stereocenters.